The first-order valence-corrected chi connectivity index (χ1v) is 8.64. The molecule has 3 aromatic rings. The molecule has 0 aliphatic carbocycles. The van der Waals surface area contributed by atoms with Crippen LogP contribution in [0, 0.1) is 11.3 Å². The predicted molar refractivity (Wildman–Crippen MR) is 97.5 cm³/mol. The molecule has 3 heterocycles. The molecule has 27 heavy (non-hydrogen) atoms. The lowest BCUT2D eigenvalue weighted by Crippen LogP contribution is -2.53. The van der Waals surface area contributed by atoms with E-state index in [1.54, 1.807) is 17.0 Å². The maximum absolute atomic E-state index is 14.1. The minimum absolute atomic E-state index is 0.319. The number of hydrogen-bond donors (Lipinski definition) is 1. The Morgan fingerprint density at radius 1 is 1.26 bits per heavy atom. The molecule has 8 heteroatoms. The van der Waals surface area contributed by atoms with E-state index >= 15 is 0 Å². The fourth-order valence-electron chi connectivity index (χ4n) is 3.50. The summed E-state index contributed by atoms with van der Waals surface area (Å²) in [5.74, 6) is -2.40. The minimum atomic E-state index is -2.85. The fraction of sp³-hybridized carbons (Fsp3) is 0.316. The Morgan fingerprint density at radius 2 is 2.07 bits per heavy atom. The standard InChI is InChI=1S/C19H18F2N6/c20-19(21)7-14(23)10-26(12-19)18-25-16-3-1-2-4-17(16)27(18)11-15-6-5-13(8-22)9-24-15/h1-6,9,14H,7,10-12,23H2. The number of nitrogens with zero attached hydrogens (tertiary/aromatic N) is 5. The number of hydrogen-bond acceptors (Lipinski definition) is 5. The number of anilines is 1. The van der Waals surface area contributed by atoms with E-state index in [0.29, 0.717) is 30.3 Å². The highest BCUT2D eigenvalue weighted by Crippen LogP contribution is 2.31. The number of pyridine rings is 1. The van der Waals surface area contributed by atoms with Crippen molar-refractivity contribution < 1.29 is 8.78 Å². The van der Waals surface area contributed by atoms with Crippen LogP contribution in [-0.4, -0.2) is 39.6 Å². The molecule has 0 radical (unpaired) electrons. The average Bonchev–Trinajstić information content (AvgIpc) is 2.99. The highest BCUT2D eigenvalue weighted by Gasteiger charge is 2.40. The third kappa shape index (κ3) is 3.46. The van der Waals surface area contributed by atoms with Crippen molar-refractivity contribution in [1.29, 1.82) is 5.26 Å². The molecule has 138 valence electrons. The summed E-state index contributed by atoms with van der Waals surface area (Å²) in [4.78, 5) is 10.4. The largest absolute Gasteiger partial charge is 0.335 e. The number of halogens is 2. The second-order valence-corrected chi connectivity index (χ2v) is 6.84. The molecule has 1 unspecified atom stereocenters. The van der Waals surface area contributed by atoms with Gasteiger partial charge in [0, 0.05) is 25.2 Å². The van der Waals surface area contributed by atoms with Gasteiger partial charge in [0.2, 0.25) is 5.95 Å². The topological polar surface area (TPSA) is 83.8 Å². The zero-order valence-corrected chi connectivity index (χ0v) is 14.5. The summed E-state index contributed by atoms with van der Waals surface area (Å²) in [5.41, 5.74) is 8.61. The molecule has 1 fully saturated rings. The number of nitriles is 1. The molecule has 1 aliphatic heterocycles. The van der Waals surface area contributed by atoms with Crippen molar-refractivity contribution in [3.63, 3.8) is 0 Å². The number of alkyl halides is 2. The smallest absolute Gasteiger partial charge is 0.266 e. The summed E-state index contributed by atoms with van der Waals surface area (Å²) in [6.45, 7) is 0.267. The molecule has 2 aromatic heterocycles. The zero-order chi connectivity index (χ0) is 19.0. The molecule has 0 saturated carbocycles. The van der Waals surface area contributed by atoms with Crippen LogP contribution in [0.15, 0.2) is 42.6 Å². The Kier molecular flexibility index (Phi) is 4.24. The van der Waals surface area contributed by atoms with Gasteiger partial charge in [0.15, 0.2) is 0 Å². The van der Waals surface area contributed by atoms with Crippen molar-refractivity contribution in [2.75, 3.05) is 18.0 Å². The van der Waals surface area contributed by atoms with Gasteiger partial charge >= 0.3 is 0 Å². The Balaban J connectivity index is 1.76. The second kappa shape index (κ2) is 6.59. The van der Waals surface area contributed by atoms with Gasteiger partial charge in [0.1, 0.15) is 6.07 Å². The fourth-order valence-corrected chi connectivity index (χ4v) is 3.50. The van der Waals surface area contributed by atoms with Crippen LogP contribution < -0.4 is 10.6 Å². The van der Waals surface area contributed by atoms with Crippen molar-refractivity contribution >= 4 is 17.0 Å². The summed E-state index contributed by atoms with van der Waals surface area (Å²) in [5, 5.41) is 8.92. The Labute approximate surface area is 154 Å². The maximum atomic E-state index is 14.1. The van der Waals surface area contributed by atoms with Crippen LogP contribution in [-0.2, 0) is 6.54 Å². The molecule has 2 N–H and O–H groups in total. The summed E-state index contributed by atoms with van der Waals surface area (Å²) in [6, 6.07) is 12.4. The van der Waals surface area contributed by atoms with Crippen LogP contribution >= 0.6 is 0 Å². The number of para-hydroxylation sites is 2. The van der Waals surface area contributed by atoms with Crippen molar-refractivity contribution in [1.82, 2.24) is 14.5 Å². The quantitative estimate of drug-likeness (QED) is 0.768. The van der Waals surface area contributed by atoms with Crippen LogP contribution in [0.1, 0.15) is 17.7 Å². The van der Waals surface area contributed by atoms with Gasteiger partial charge in [0.25, 0.3) is 5.92 Å². The van der Waals surface area contributed by atoms with E-state index in [9.17, 15) is 8.78 Å². The van der Waals surface area contributed by atoms with Crippen molar-refractivity contribution in [3.05, 3.63) is 53.9 Å². The van der Waals surface area contributed by atoms with E-state index in [1.165, 1.54) is 6.20 Å². The number of fused-ring (bicyclic) bond motifs is 1. The molecule has 0 spiro atoms. The highest BCUT2D eigenvalue weighted by atomic mass is 19.3. The monoisotopic (exact) mass is 368 g/mol. The van der Waals surface area contributed by atoms with Gasteiger partial charge in [-0.2, -0.15) is 5.26 Å². The van der Waals surface area contributed by atoms with Crippen LogP contribution in [0.5, 0.6) is 0 Å². The number of benzene rings is 1. The van der Waals surface area contributed by atoms with Crippen LogP contribution in [0.25, 0.3) is 11.0 Å². The number of aromatic nitrogens is 3. The Bertz CT molecular complexity index is 1010. The van der Waals surface area contributed by atoms with Gasteiger partial charge in [-0.15, -0.1) is 0 Å². The van der Waals surface area contributed by atoms with E-state index in [0.717, 1.165) is 11.0 Å². The first-order valence-electron chi connectivity index (χ1n) is 8.64. The lowest BCUT2D eigenvalue weighted by atomic mass is 10.0. The molecule has 4 rings (SSSR count). The van der Waals surface area contributed by atoms with Gasteiger partial charge in [-0.25, -0.2) is 13.8 Å². The average molecular weight is 368 g/mol. The van der Waals surface area contributed by atoms with Crippen molar-refractivity contribution in [2.24, 2.45) is 5.73 Å². The van der Waals surface area contributed by atoms with Gasteiger partial charge in [-0.1, -0.05) is 12.1 Å². The molecule has 6 nitrogen and oxygen atoms in total. The molecular formula is C19H18F2N6. The second-order valence-electron chi connectivity index (χ2n) is 6.84. The first-order chi connectivity index (χ1) is 12.9. The minimum Gasteiger partial charge on any atom is -0.335 e. The van der Waals surface area contributed by atoms with Gasteiger partial charge < -0.3 is 15.2 Å². The predicted octanol–water partition coefficient (Wildman–Crippen LogP) is 2.52. The van der Waals surface area contributed by atoms with E-state index < -0.39 is 18.5 Å². The molecule has 1 aromatic carbocycles. The van der Waals surface area contributed by atoms with E-state index in [2.05, 4.69) is 9.97 Å². The van der Waals surface area contributed by atoms with Crippen LogP contribution in [0.4, 0.5) is 14.7 Å². The van der Waals surface area contributed by atoms with Gasteiger partial charge in [-0.3, -0.25) is 4.98 Å². The summed E-state index contributed by atoms with van der Waals surface area (Å²) >= 11 is 0. The normalized spacial score (nSPS) is 19.2. The summed E-state index contributed by atoms with van der Waals surface area (Å²) in [7, 11) is 0. The van der Waals surface area contributed by atoms with Crippen LogP contribution in [0.2, 0.25) is 0 Å². The molecule has 0 bridgehead atoms. The van der Waals surface area contributed by atoms with Gasteiger partial charge in [0.05, 0.1) is 35.4 Å². The Morgan fingerprint density at radius 3 is 2.78 bits per heavy atom. The van der Waals surface area contributed by atoms with Gasteiger partial charge in [-0.05, 0) is 24.3 Å². The number of nitrogens with two attached hydrogens (primary N) is 1. The van der Waals surface area contributed by atoms with Crippen molar-refractivity contribution in [3.8, 4) is 6.07 Å². The molecule has 1 aliphatic rings. The molecular weight excluding hydrogens is 350 g/mol. The summed E-state index contributed by atoms with van der Waals surface area (Å²) in [6.07, 6.45) is 1.18. The van der Waals surface area contributed by atoms with Crippen LogP contribution in [0.3, 0.4) is 0 Å². The summed E-state index contributed by atoms with van der Waals surface area (Å²) < 4.78 is 30.0. The highest BCUT2D eigenvalue weighted by molar-refractivity contribution is 5.79. The lowest BCUT2D eigenvalue weighted by Gasteiger charge is -2.36. The Hall–Kier alpha value is -3.05. The SMILES string of the molecule is N#Cc1ccc(Cn2c(N3CC(N)CC(F)(F)C3)nc3ccccc32)nc1. The molecule has 1 atom stereocenters. The molecule has 1 saturated heterocycles. The third-order valence-electron chi connectivity index (χ3n) is 4.63. The third-order valence-corrected chi connectivity index (χ3v) is 4.63. The van der Waals surface area contributed by atoms with E-state index in [-0.39, 0.29) is 6.42 Å². The zero-order valence-electron chi connectivity index (χ0n) is 14.5. The number of imidazole rings is 1. The lowest BCUT2D eigenvalue weighted by molar-refractivity contribution is -0.0177. The number of rotatable bonds is 3. The van der Waals surface area contributed by atoms with E-state index in [4.69, 9.17) is 11.0 Å². The van der Waals surface area contributed by atoms with E-state index in [1.807, 2.05) is 34.9 Å². The maximum Gasteiger partial charge on any atom is 0.266 e. The first kappa shape index (κ1) is 17.4. The molecule has 0 amide bonds. The number of piperidine rings is 1. The van der Waals surface area contributed by atoms with Crippen molar-refractivity contribution in [2.45, 2.75) is 24.9 Å².